The Morgan fingerprint density at radius 2 is 1.54 bits per heavy atom. The lowest BCUT2D eigenvalue weighted by Gasteiger charge is -2.40. The molecule has 0 spiro atoms. The molecule has 1 aliphatic carbocycles. The summed E-state index contributed by atoms with van der Waals surface area (Å²) < 4.78 is 0. The van der Waals surface area contributed by atoms with Crippen molar-refractivity contribution in [1.82, 2.24) is 14.7 Å². The molecule has 1 amide bonds. The number of carbonyl (C=O) groups is 1. The lowest BCUT2D eigenvalue weighted by Crippen LogP contribution is -2.55. The number of carbonyl (C=O) groups excluding carboxylic acids is 1. The van der Waals surface area contributed by atoms with Crippen LogP contribution in [-0.2, 0) is 11.3 Å². The average molecular weight is 386 g/mol. The van der Waals surface area contributed by atoms with Crippen molar-refractivity contribution in [2.45, 2.75) is 38.3 Å². The molecule has 3 aliphatic rings. The summed E-state index contributed by atoms with van der Waals surface area (Å²) in [6, 6.07) is 9.32. The molecule has 6 heteroatoms. The summed E-state index contributed by atoms with van der Waals surface area (Å²) in [6.07, 6.45) is 5.47. The van der Waals surface area contributed by atoms with E-state index in [1.807, 2.05) is 0 Å². The summed E-state index contributed by atoms with van der Waals surface area (Å²) >= 11 is 0. The van der Waals surface area contributed by atoms with Gasteiger partial charge in [0.15, 0.2) is 0 Å². The van der Waals surface area contributed by atoms with E-state index in [1.165, 1.54) is 36.9 Å². The standard InChI is InChI=1S/C22H35N5O/c23-17-19-5-7-21(8-6-19)25-11-9-24(10-12-25)18-22(28)27-15-13-26(14-16-27)20-3-1-2-4-20/h5-8,20H,1-4,9-18,23H2. The van der Waals surface area contributed by atoms with E-state index < -0.39 is 0 Å². The number of anilines is 1. The monoisotopic (exact) mass is 385 g/mol. The van der Waals surface area contributed by atoms with Crippen LogP contribution >= 0.6 is 0 Å². The van der Waals surface area contributed by atoms with Gasteiger partial charge in [0.1, 0.15) is 0 Å². The number of nitrogens with zero attached hydrogens (tertiary/aromatic N) is 4. The third kappa shape index (κ3) is 4.67. The molecule has 1 aromatic carbocycles. The first-order valence-electron chi connectivity index (χ1n) is 11.0. The van der Waals surface area contributed by atoms with Crippen LogP contribution in [0.15, 0.2) is 24.3 Å². The van der Waals surface area contributed by atoms with Gasteiger partial charge in [0.2, 0.25) is 5.91 Å². The molecule has 6 nitrogen and oxygen atoms in total. The van der Waals surface area contributed by atoms with Crippen LogP contribution in [-0.4, -0.2) is 85.6 Å². The molecule has 0 aromatic heterocycles. The second kappa shape index (κ2) is 9.25. The topological polar surface area (TPSA) is 56.1 Å². The smallest absolute Gasteiger partial charge is 0.236 e. The summed E-state index contributed by atoms with van der Waals surface area (Å²) in [5.74, 6) is 0.312. The quantitative estimate of drug-likeness (QED) is 0.829. The number of rotatable bonds is 5. The fraction of sp³-hybridized carbons (Fsp3) is 0.682. The molecule has 4 rings (SSSR count). The number of amides is 1. The zero-order valence-corrected chi connectivity index (χ0v) is 17.1. The van der Waals surface area contributed by atoms with Crippen LogP contribution in [0.5, 0.6) is 0 Å². The van der Waals surface area contributed by atoms with Crippen LogP contribution in [0, 0.1) is 0 Å². The van der Waals surface area contributed by atoms with Crippen molar-refractivity contribution < 1.29 is 4.79 Å². The van der Waals surface area contributed by atoms with Crippen molar-refractivity contribution in [1.29, 1.82) is 0 Å². The minimum atomic E-state index is 0.312. The van der Waals surface area contributed by atoms with E-state index in [0.717, 1.165) is 58.4 Å². The molecule has 154 valence electrons. The number of piperazine rings is 2. The molecule has 0 bridgehead atoms. The Morgan fingerprint density at radius 1 is 0.893 bits per heavy atom. The van der Waals surface area contributed by atoms with Gasteiger partial charge in [-0.1, -0.05) is 25.0 Å². The fourth-order valence-electron chi connectivity index (χ4n) is 4.90. The number of hydrogen-bond donors (Lipinski definition) is 1. The highest BCUT2D eigenvalue weighted by Crippen LogP contribution is 2.24. The predicted molar refractivity (Wildman–Crippen MR) is 113 cm³/mol. The Kier molecular flexibility index (Phi) is 6.50. The van der Waals surface area contributed by atoms with E-state index in [0.29, 0.717) is 19.0 Å². The van der Waals surface area contributed by atoms with Gasteiger partial charge in [-0.05, 0) is 30.5 Å². The first kappa shape index (κ1) is 19.7. The lowest BCUT2D eigenvalue weighted by molar-refractivity contribution is -0.134. The molecule has 2 heterocycles. The van der Waals surface area contributed by atoms with E-state index in [1.54, 1.807) is 0 Å². The first-order valence-corrected chi connectivity index (χ1v) is 11.0. The Balaban J connectivity index is 1.19. The Hall–Kier alpha value is -1.63. The third-order valence-electron chi connectivity index (χ3n) is 6.78. The molecule has 2 N–H and O–H groups in total. The average Bonchev–Trinajstić information content (AvgIpc) is 3.29. The second-order valence-corrected chi connectivity index (χ2v) is 8.49. The Bertz CT molecular complexity index is 627. The molecule has 0 radical (unpaired) electrons. The van der Waals surface area contributed by atoms with Gasteiger partial charge in [0.05, 0.1) is 6.54 Å². The molecular weight excluding hydrogens is 350 g/mol. The molecule has 0 unspecified atom stereocenters. The highest BCUT2D eigenvalue weighted by Gasteiger charge is 2.29. The number of benzene rings is 1. The summed E-state index contributed by atoms with van der Waals surface area (Å²) in [5, 5.41) is 0. The van der Waals surface area contributed by atoms with Gasteiger partial charge in [0, 0.05) is 70.6 Å². The third-order valence-corrected chi connectivity index (χ3v) is 6.78. The van der Waals surface area contributed by atoms with Crippen molar-refractivity contribution in [2.75, 3.05) is 63.8 Å². The second-order valence-electron chi connectivity index (χ2n) is 8.49. The predicted octanol–water partition coefficient (Wildman–Crippen LogP) is 1.35. The van der Waals surface area contributed by atoms with E-state index in [9.17, 15) is 4.79 Å². The minimum Gasteiger partial charge on any atom is -0.369 e. The zero-order chi connectivity index (χ0) is 19.3. The van der Waals surface area contributed by atoms with E-state index in [-0.39, 0.29) is 0 Å². The highest BCUT2D eigenvalue weighted by atomic mass is 16.2. The number of nitrogens with two attached hydrogens (primary N) is 1. The Labute approximate surface area is 169 Å². The van der Waals surface area contributed by atoms with E-state index in [4.69, 9.17) is 5.73 Å². The highest BCUT2D eigenvalue weighted by molar-refractivity contribution is 5.78. The largest absolute Gasteiger partial charge is 0.369 e. The normalized spacial score (nSPS) is 22.8. The molecule has 0 atom stereocenters. The molecule has 28 heavy (non-hydrogen) atoms. The van der Waals surface area contributed by atoms with Gasteiger partial charge < -0.3 is 15.5 Å². The summed E-state index contributed by atoms with van der Waals surface area (Å²) in [6.45, 7) is 8.94. The molecule has 1 saturated carbocycles. The van der Waals surface area contributed by atoms with Crippen LogP contribution < -0.4 is 10.6 Å². The fourth-order valence-corrected chi connectivity index (χ4v) is 4.90. The maximum absolute atomic E-state index is 12.8. The van der Waals surface area contributed by atoms with Crippen molar-refractivity contribution in [3.8, 4) is 0 Å². The molecule has 2 aliphatic heterocycles. The van der Waals surface area contributed by atoms with Gasteiger partial charge in [0.25, 0.3) is 0 Å². The van der Waals surface area contributed by atoms with Gasteiger partial charge in [-0.2, -0.15) is 0 Å². The van der Waals surface area contributed by atoms with Crippen LogP contribution in [0.3, 0.4) is 0 Å². The van der Waals surface area contributed by atoms with Crippen molar-refractivity contribution in [3.63, 3.8) is 0 Å². The maximum atomic E-state index is 12.8. The van der Waals surface area contributed by atoms with Gasteiger partial charge >= 0.3 is 0 Å². The maximum Gasteiger partial charge on any atom is 0.236 e. The van der Waals surface area contributed by atoms with Crippen molar-refractivity contribution in [3.05, 3.63) is 29.8 Å². The lowest BCUT2D eigenvalue weighted by atomic mass is 10.1. The van der Waals surface area contributed by atoms with Gasteiger partial charge in [-0.15, -0.1) is 0 Å². The summed E-state index contributed by atoms with van der Waals surface area (Å²) in [4.78, 5) is 22.2. The molecule has 2 saturated heterocycles. The van der Waals surface area contributed by atoms with Gasteiger partial charge in [-0.25, -0.2) is 0 Å². The summed E-state index contributed by atoms with van der Waals surface area (Å²) in [5.41, 5.74) is 8.11. The Morgan fingerprint density at radius 3 is 2.14 bits per heavy atom. The van der Waals surface area contributed by atoms with Crippen molar-refractivity contribution >= 4 is 11.6 Å². The first-order chi connectivity index (χ1) is 13.7. The van der Waals surface area contributed by atoms with E-state index in [2.05, 4.69) is 43.9 Å². The van der Waals surface area contributed by atoms with Crippen molar-refractivity contribution in [2.24, 2.45) is 5.73 Å². The van der Waals surface area contributed by atoms with Crippen LogP contribution in [0.4, 0.5) is 5.69 Å². The molecular formula is C22H35N5O. The zero-order valence-electron chi connectivity index (χ0n) is 17.1. The van der Waals surface area contributed by atoms with E-state index >= 15 is 0 Å². The van der Waals surface area contributed by atoms with Crippen LogP contribution in [0.25, 0.3) is 0 Å². The van der Waals surface area contributed by atoms with Crippen LogP contribution in [0.2, 0.25) is 0 Å². The minimum absolute atomic E-state index is 0.312. The summed E-state index contributed by atoms with van der Waals surface area (Å²) in [7, 11) is 0. The van der Waals surface area contributed by atoms with Gasteiger partial charge in [-0.3, -0.25) is 14.6 Å². The molecule has 3 fully saturated rings. The SMILES string of the molecule is NCc1ccc(N2CCN(CC(=O)N3CCN(C4CCCC4)CC3)CC2)cc1. The number of hydrogen-bond acceptors (Lipinski definition) is 5. The van der Waals surface area contributed by atoms with Crippen LogP contribution in [0.1, 0.15) is 31.2 Å². The molecule has 1 aromatic rings.